The third-order valence-electron chi connectivity index (χ3n) is 6.30. The fourth-order valence-corrected chi connectivity index (χ4v) is 4.11. The van der Waals surface area contributed by atoms with E-state index in [0.717, 1.165) is 11.6 Å². The highest BCUT2D eigenvalue weighted by atomic mass is 19.4. The van der Waals surface area contributed by atoms with Gasteiger partial charge in [-0.05, 0) is 68.8 Å². The summed E-state index contributed by atoms with van der Waals surface area (Å²) in [5.41, 5.74) is 0.691. The molecule has 3 atom stereocenters. The van der Waals surface area contributed by atoms with Gasteiger partial charge < -0.3 is 14.5 Å². The molecule has 4 nitrogen and oxygen atoms in total. The number of benzene rings is 2. The van der Waals surface area contributed by atoms with E-state index >= 15 is 0 Å². The van der Waals surface area contributed by atoms with Gasteiger partial charge >= 0.3 is 6.18 Å². The SMILES string of the molecule is COc1ccc([C@@H]2Cc3c(cccc3C(F)(F)F)N(C[C@@H](C)N(C)C)C(=O)[C@@H]2C)cc1. The van der Waals surface area contributed by atoms with Crippen LogP contribution in [0.3, 0.4) is 0 Å². The van der Waals surface area contributed by atoms with Crippen molar-refractivity contribution in [2.75, 3.05) is 32.6 Å². The number of alkyl halides is 3. The molecule has 0 saturated carbocycles. The number of hydrogen-bond donors (Lipinski definition) is 0. The molecule has 0 spiro atoms. The van der Waals surface area contributed by atoms with Gasteiger partial charge in [-0.1, -0.05) is 25.1 Å². The Morgan fingerprint density at radius 2 is 1.81 bits per heavy atom. The second kappa shape index (κ2) is 8.91. The van der Waals surface area contributed by atoms with Crippen molar-refractivity contribution in [1.82, 2.24) is 4.90 Å². The minimum absolute atomic E-state index is 0.0175. The number of nitrogens with zero attached hydrogens (tertiary/aromatic N) is 2. The molecule has 0 saturated heterocycles. The maximum absolute atomic E-state index is 13.9. The second-order valence-corrected chi connectivity index (χ2v) is 8.43. The summed E-state index contributed by atoms with van der Waals surface area (Å²) in [4.78, 5) is 17.0. The summed E-state index contributed by atoms with van der Waals surface area (Å²) in [6.45, 7) is 4.08. The highest BCUT2D eigenvalue weighted by Crippen LogP contribution is 2.43. The van der Waals surface area contributed by atoms with Crippen LogP contribution in [0.15, 0.2) is 42.5 Å². The Morgan fingerprint density at radius 1 is 1.16 bits per heavy atom. The summed E-state index contributed by atoms with van der Waals surface area (Å²) < 4.78 is 47.0. The predicted molar refractivity (Wildman–Crippen MR) is 116 cm³/mol. The molecule has 0 fully saturated rings. The molecule has 1 amide bonds. The van der Waals surface area contributed by atoms with E-state index in [4.69, 9.17) is 4.74 Å². The highest BCUT2D eigenvalue weighted by Gasteiger charge is 2.41. The lowest BCUT2D eigenvalue weighted by atomic mass is 9.82. The Labute approximate surface area is 181 Å². The van der Waals surface area contributed by atoms with Gasteiger partial charge in [-0.2, -0.15) is 13.2 Å². The smallest absolute Gasteiger partial charge is 0.416 e. The van der Waals surface area contributed by atoms with E-state index in [2.05, 4.69) is 0 Å². The van der Waals surface area contributed by atoms with Gasteiger partial charge in [0.25, 0.3) is 0 Å². The van der Waals surface area contributed by atoms with Crippen molar-refractivity contribution in [2.24, 2.45) is 5.92 Å². The molecular weight excluding hydrogens is 405 g/mol. The molecule has 0 unspecified atom stereocenters. The van der Waals surface area contributed by atoms with Gasteiger partial charge in [-0.3, -0.25) is 4.79 Å². The zero-order chi connectivity index (χ0) is 22.9. The van der Waals surface area contributed by atoms with Gasteiger partial charge in [0.2, 0.25) is 5.91 Å². The Morgan fingerprint density at radius 3 is 2.35 bits per heavy atom. The maximum Gasteiger partial charge on any atom is 0.416 e. The Hall–Kier alpha value is -2.54. The van der Waals surface area contributed by atoms with E-state index in [9.17, 15) is 18.0 Å². The molecule has 7 heteroatoms. The Balaban J connectivity index is 2.15. The second-order valence-electron chi connectivity index (χ2n) is 8.43. The standard InChI is InChI=1S/C24H29F3N2O2/c1-15(28(3)4)14-29-22-8-6-7-21(24(25,26)27)20(22)13-19(16(2)23(29)30)17-9-11-18(31-5)12-10-17/h6-12,15-16,19H,13-14H2,1-5H3/t15-,16-,19-/m1/s1. The molecule has 3 rings (SSSR count). The fraction of sp³-hybridized carbons (Fsp3) is 0.458. The van der Waals surface area contributed by atoms with Gasteiger partial charge in [-0.25, -0.2) is 0 Å². The first-order valence-corrected chi connectivity index (χ1v) is 10.4. The molecule has 168 valence electrons. The first-order valence-electron chi connectivity index (χ1n) is 10.4. The molecule has 2 aromatic rings. The summed E-state index contributed by atoms with van der Waals surface area (Å²) in [6.07, 6.45) is -4.36. The minimum Gasteiger partial charge on any atom is -0.497 e. The normalized spacial score (nSPS) is 20.4. The predicted octanol–water partition coefficient (Wildman–Crippen LogP) is 4.97. The first kappa shape index (κ1) is 23.1. The molecule has 1 heterocycles. The van der Waals surface area contributed by atoms with Gasteiger partial charge in [0.15, 0.2) is 0 Å². The minimum atomic E-state index is -4.49. The average molecular weight is 435 g/mol. The number of hydrogen-bond acceptors (Lipinski definition) is 3. The third kappa shape index (κ3) is 4.71. The lowest BCUT2D eigenvalue weighted by Crippen LogP contribution is -2.44. The third-order valence-corrected chi connectivity index (χ3v) is 6.30. The van der Waals surface area contributed by atoms with Crippen molar-refractivity contribution in [1.29, 1.82) is 0 Å². The van der Waals surface area contributed by atoms with Crippen LogP contribution < -0.4 is 9.64 Å². The van der Waals surface area contributed by atoms with Crippen LogP contribution >= 0.6 is 0 Å². The van der Waals surface area contributed by atoms with Gasteiger partial charge in [0, 0.05) is 24.2 Å². The Bertz CT molecular complexity index is 925. The molecule has 0 aromatic heterocycles. The first-order chi connectivity index (χ1) is 14.5. The van der Waals surface area contributed by atoms with E-state index in [1.807, 2.05) is 45.0 Å². The van der Waals surface area contributed by atoms with Gasteiger partial charge in [0.1, 0.15) is 5.75 Å². The highest BCUT2D eigenvalue weighted by molar-refractivity contribution is 5.97. The monoisotopic (exact) mass is 434 g/mol. The molecule has 0 radical (unpaired) electrons. The number of methoxy groups -OCH3 is 1. The van der Waals surface area contributed by atoms with Crippen LogP contribution in [0, 0.1) is 5.92 Å². The zero-order valence-corrected chi connectivity index (χ0v) is 18.5. The summed E-state index contributed by atoms with van der Waals surface area (Å²) in [5.74, 6) is -0.349. The van der Waals surface area contributed by atoms with E-state index in [0.29, 0.717) is 18.0 Å². The molecule has 1 aliphatic heterocycles. The molecule has 1 aliphatic rings. The fourth-order valence-electron chi connectivity index (χ4n) is 4.11. The number of ether oxygens (including phenoxy) is 1. The molecule has 0 bridgehead atoms. The quantitative estimate of drug-likeness (QED) is 0.666. The molecule has 0 N–H and O–H groups in total. The average Bonchev–Trinajstić information content (AvgIpc) is 2.83. The van der Waals surface area contributed by atoms with Crippen LogP contribution in [0.1, 0.15) is 36.5 Å². The van der Waals surface area contributed by atoms with Crippen LogP contribution in [-0.2, 0) is 17.4 Å². The van der Waals surface area contributed by atoms with Crippen molar-refractivity contribution >= 4 is 11.6 Å². The van der Waals surface area contributed by atoms with Gasteiger partial charge in [-0.15, -0.1) is 0 Å². The number of fused-ring (bicyclic) bond motifs is 1. The summed E-state index contributed by atoms with van der Waals surface area (Å²) in [7, 11) is 5.34. The van der Waals surface area contributed by atoms with Crippen molar-refractivity contribution in [2.45, 2.75) is 38.4 Å². The molecular formula is C24H29F3N2O2. The van der Waals surface area contributed by atoms with Crippen molar-refractivity contribution in [3.05, 3.63) is 59.2 Å². The van der Waals surface area contributed by atoms with Crippen LogP contribution in [0.5, 0.6) is 5.75 Å². The Kier molecular flexibility index (Phi) is 6.65. The molecule has 0 aliphatic carbocycles. The topological polar surface area (TPSA) is 32.8 Å². The number of halogens is 3. The van der Waals surface area contributed by atoms with E-state index < -0.39 is 17.7 Å². The molecule has 2 aromatic carbocycles. The van der Waals surface area contributed by atoms with E-state index in [1.165, 1.54) is 6.07 Å². The van der Waals surface area contributed by atoms with Crippen LogP contribution in [-0.4, -0.2) is 44.6 Å². The lowest BCUT2D eigenvalue weighted by molar-refractivity contribution is -0.138. The number of anilines is 1. The lowest BCUT2D eigenvalue weighted by Gasteiger charge is -2.31. The number of carbonyl (C=O) groups is 1. The summed E-state index contributed by atoms with van der Waals surface area (Å²) in [5, 5.41) is 0. The molecule has 31 heavy (non-hydrogen) atoms. The van der Waals surface area contributed by atoms with Crippen LogP contribution in [0.4, 0.5) is 18.9 Å². The largest absolute Gasteiger partial charge is 0.497 e. The summed E-state index contributed by atoms with van der Waals surface area (Å²) in [6, 6.07) is 11.3. The number of amides is 1. The zero-order valence-electron chi connectivity index (χ0n) is 18.5. The summed E-state index contributed by atoms with van der Waals surface area (Å²) >= 11 is 0. The van der Waals surface area contributed by atoms with E-state index in [-0.39, 0.29) is 29.9 Å². The van der Waals surface area contributed by atoms with Crippen LogP contribution in [0.25, 0.3) is 0 Å². The maximum atomic E-state index is 13.9. The number of likely N-dealkylation sites (N-methyl/N-ethyl adjacent to an activating group) is 1. The van der Waals surface area contributed by atoms with Crippen molar-refractivity contribution < 1.29 is 22.7 Å². The van der Waals surface area contributed by atoms with Crippen molar-refractivity contribution in [3.8, 4) is 5.75 Å². The number of carbonyl (C=O) groups excluding carboxylic acids is 1. The van der Waals surface area contributed by atoms with Gasteiger partial charge in [0.05, 0.1) is 12.7 Å². The van der Waals surface area contributed by atoms with Crippen molar-refractivity contribution in [3.63, 3.8) is 0 Å². The van der Waals surface area contributed by atoms with Crippen LogP contribution in [0.2, 0.25) is 0 Å². The van der Waals surface area contributed by atoms with E-state index in [1.54, 1.807) is 30.2 Å². The number of rotatable bonds is 5.